The van der Waals surface area contributed by atoms with Gasteiger partial charge in [0.2, 0.25) is 0 Å². The molecule has 3 heterocycles. The Labute approximate surface area is 106 Å². The third-order valence-electron chi connectivity index (χ3n) is 3.73. The Morgan fingerprint density at radius 3 is 2.72 bits per heavy atom. The summed E-state index contributed by atoms with van der Waals surface area (Å²) in [6, 6.07) is 3.39. The predicted molar refractivity (Wildman–Crippen MR) is 66.0 cm³/mol. The first-order chi connectivity index (χ1) is 8.47. The van der Waals surface area contributed by atoms with Crippen molar-refractivity contribution in [3.63, 3.8) is 0 Å². The molecule has 2 aliphatic heterocycles. The second kappa shape index (κ2) is 3.78. The molecule has 2 saturated heterocycles. The number of aryl methyl sites for hydroxylation is 1. The Morgan fingerprint density at radius 1 is 1.44 bits per heavy atom. The van der Waals surface area contributed by atoms with E-state index in [9.17, 15) is 13.2 Å². The van der Waals surface area contributed by atoms with Gasteiger partial charge in [-0.1, -0.05) is 0 Å². The third-order valence-corrected chi connectivity index (χ3v) is 5.93. The lowest BCUT2D eigenvalue weighted by Gasteiger charge is -2.26. The van der Waals surface area contributed by atoms with Crippen molar-refractivity contribution in [2.45, 2.75) is 24.6 Å². The van der Waals surface area contributed by atoms with Gasteiger partial charge in [-0.25, -0.2) is 8.42 Å². The number of pyridine rings is 1. The fraction of sp³-hybridized carbons (Fsp3) is 0.500. The van der Waals surface area contributed by atoms with Crippen molar-refractivity contribution in [1.82, 2.24) is 9.88 Å². The van der Waals surface area contributed by atoms with Gasteiger partial charge in [-0.15, -0.1) is 0 Å². The van der Waals surface area contributed by atoms with E-state index in [-0.39, 0.29) is 23.0 Å². The number of hydrogen-bond donors (Lipinski definition) is 0. The average molecular weight is 266 g/mol. The smallest absolute Gasteiger partial charge is 0.255 e. The second-order valence-corrected chi connectivity index (χ2v) is 7.31. The molecule has 5 nitrogen and oxygen atoms in total. The van der Waals surface area contributed by atoms with Crippen LogP contribution in [0.25, 0.3) is 0 Å². The predicted octanol–water partition coefficient (Wildman–Crippen LogP) is 0.402. The third kappa shape index (κ3) is 1.71. The van der Waals surface area contributed by atoms with Gasteiger partial charge < -0.3 is 4.90 Å². The van der Waals surface area contributed by atoms with Crippen LogP contribution >= 0.6 is 0 Å². The zero-order valence-corrected chi connectivity index (χ0v) is 10.9. The van der Waals surface area contributed by atoms with Gasteiger partial charge >= 0.3 is 0 Å². The van der Waals surface area contributed by atoms with E-state index in [0.717, 1.165) is 5.69 Å². The minimum atomic E-state index is -2.95. The largest absolute Gasteiger partial charge is 0.333 e. The summed E-state index contributed by atoms with van der Waals surface area (Å²) in [6.45, 7) is 2.19. The molecular weight excluding hydrogens is 252 g/mol. The molecule has 0 radical (unpaired) electrons. The second-order valence-electron chi connectivity index (χ2n) is 4.99. The fourth-order valence-corrected chi connectivity index (χ4v) is 4.73. The first-order valence-electron chi connectivity index (χ1n) is 5.92. The molecule has 1 amide bonds. The van der Waals surface area contributed by atoms with Gasteiger partial charge in [0.05, 0.1) is 16.6 Å². The number of fused-ring (bicyclic) bond motifs is 2. The molecule has 2 unspecified atom stereocenters. The summed E-state index contributed by atoms with van der Waals surface area (Å²) in [6.07, 6.45) is 2.14. The van der Waals surface area contributed by atoms with Crippen LogP contribution in [0, 0.1) is 6.92 Å². The molecule has 0 aromatic carbocycles. The first kappa shape index (κ1) is 11.6. The molecule has 0 aliphatic carbocycles. The van der Waals surface area contributed by atoms with Crippen LogP contribution in [0.3, 0.4) is 0 Å². The molecule has 0 N–H and O–H groups in total. The Morgan fingerprint density at radius 2 is 2.22 bits per heavy atom. The molecule has 2 aliphatic rings. The molecular formula is C12H14N2O3S. The van der Waals surface area contributed by atoms with Gasteiger partial charge in [0.1, 0.15) is 0 Å². The number of nitrogens with zero attached hydrogens (tertiary/aromatic N) is 2. The van der Waals surface area contributed by atoms with Crippen LogP contribution in [0.4, 0.5) is 0 Å². The molecule has 2 bridgehead atoms. The summed E-state index contributed by atoms with van der Waals surface area (Å²) in [5.41, 5.74) is 1.39. The number of likely N-dealkylation sites (tertiary alicyclic amines) is 1. The number of sulfone groups is 1. The van der Waals surface area contributed by atoms with E-state index >= 15 is 0 Å². The lowest BCUT2D eigenvalue weighted by molar-refractivity contribution is 0.0745. The minimum absolute atomic E-state index is 0.107. The van der Waals surface area contributed by atoms with Crippen molar-refractivity contribution in [3.05, 3.63) is 29.6 Å². The van der Waals surface area contributed by atoms with Gasteiger partial charge in [0, 0.05) is 24.5 Å². The van der Waals surface area contributed by atoms with Crippen LogP contribution < -0.4 is 0 Å². The molecule has 0 saturated carbocycles. The van der Waals surface area contributed by atoms with E-state index < -0.39 is 9.84 Å². The summed E-state index contributed by atoms with van der Waals surface area (Å²) < 4.78 is 23.2. The zero-order chi connectivity index (χ0) is 12.9. The molecule has 96 valence electrons. The first-order valence-corrected chi connectivity index (χ1v) is 7.64. The molecule has 2 fully saturated rings. The van der Waals surface area contributed by atoms with Crippen molar-refractivity contribution < 1.29 is 13.2 Å². The summed E-state index contributed by atoms with van der Waals surface area (Å²) in [7, 11) is -2.95. The van der Waals surface area contributed by atoms with E-state index in [1.807, 2.05) is 6.92 Å². The number of hydrogen-bond acceptors (Lipinski definition) is 4. The van der Waals surface area contributed by atoms with E-state index in [2.05, 4.69) is 4.98 Å². The van der Waals surface area contributed by atoms with Gasteiger partial charge in [-0.2, -0.15) is 0 Å². The van der Waals surface area contributed by atoms with Crippen molar-refractivity contribution >= 4 is 15.7 Å². The summed E-state index contributed by atoms with van der Waals surface area (Å²) in [5, 5.41) is -0.357. The van der Waals surface area contributed by atoms with Crippen LogP contribution in [0.5, 0.6) is 0 Å². The maximum absolute atomic E-state index is 12.3. The average Bonchev–Trinajstić information content (AvgIpc) is 2.84. The standard InChI is InChI=1S/C12H14N2O3S/c1-8-2-3-9(5-13-8)12(15)14-6-11-4-10(14)7-18(11,16)17/h2-3,5,10-11H,4,6-7H2,1H3. The fourth-order valence-electron chi connectivity index (χ4n) is 2.70. The molecule has 18 heavy (non-hydrogen) atoms. The normalized spacial score (nSPS) is 28.6. The van der Waals surface area contributed by atoms with Gasteiger partial charge in [-0.05, 0) is 25.5 Å². The van der Waals surface area contributed by atoms with Gasteiger partial charge in [-0.3, -0.25) is 9.78 Å². The van der Waals surface area contributed by atoms with Crippen LogP contribution in [0.2, 0.25) is 0 Å². The molecule has 6 heteroatoms. The highest BCUT2D eigenvalue weighted by Crippen LogP contribution is 2.33. The number of carbonyl (C=O) groups excluding carboxylic acids is 1. The summed E-state index contributed by atoms with van der Waals surface area (Å²) in [5.74, 6) is 0.00721. The highest BCUT2D eigenvalue weighted by atomic mass is 32.2. The Kier molecular flexibility index (Phi) is 2.45. The lowest BCUT2D eigenvalue weighted by atomic mass is 10.2. The van der Waals surface area contributed by atoms with Crippen LogP contribution in [-0.2, 0) is 9.84 Å². The van der Waals surface area contributed by atoms with Crippen molar-refractivity contribution in [2.75, 3.05) is 12.3 Å². The Balaban J connectivity index is 1.82. The Bertz CT molecular complexity index is 594. The van der Waals surface area contributed by atoms with Crippen LogP contribution in [0.15, 0.2) is 18.3 Å². The highest BCUT2D eigenvalue weighted by Gasteiger charge is 2.50. The maximum atomic E-state index is 12.3. The van der Waals surface area contributed by atoms with Crippen molar-refractivity contribution in [2.24, 2.45) is 0 Å². The highest BCUT2D eigenvalue weighted by molar-refractivity contribution is 7.92. The number of aromatic nitrogens is 1. The number of rotatable bonds is 1. The monoisotopic (exact) mass is 266 g/mol. The van der Waals surface area contributed by atoms with Gasteiger partial charge in [0.25, 0.3) is 5.91 Å². The van der Waals surface area contributed by atoms with E-state index in [1.165, 1.54) is 0 Å². The molecule has 1 aromatic heterocycles. The van der Waals surface area contributed by atoms with Gasteiger partial charge in [0.15, 0.2) is 9.84 Å². The van der Waals surface area contributed by atoms with E-state index in [4.69, 9.17) is 0 Å². The van der Waals surface area contributed by atoms with E-state index in [0.29, 0.717) is 18.5 Å². The van der Waals surface area contributed by atoms with E-state index in [1.54, 1.807) is 23.2 Å². The minimum Gasteiger partial charge on any atom is -0.333 e. The number of amides is 1. The number of carbonyl (C=O) groups is 1. The van der Waals surface area contributed by atoms with Crippen LogP contribution in [-0.4, -0.2) is 47.8 Å². The lowest BCUT2D eigenvalue weighted by Crippen LogP contribution is -2.44. The molecule has 1 aromatic rings. The maximum Gasteiger partial charge on any atom is 0.255 e. The van der Waals surface area contributed by atoms with Crippen molar-refractivity contribution in [1.29, 1.82) is 0 Å². The molecule has 3 rings (SSSR count). The topological polar surface area (TPSA) is 67.3 Å². The Hall–Kier alpha value is -1.43. The molecule has 2 atom stereocenters. The van der Waals surface area contributed by atoms with Crippen LogP contribution in [0.1, 0.15) is 22.5 Å². The molecule has 0 spiro atoms. The SMILES string of the molecule is Cc1ccc(C(=O)N2CC3CC2CS3(=O)=O)cn1. The zero-order valence-electron chi connectivity index (χ0n) is 10.0. The quantitative estimate of drug-likeness (QED) is 0.738. The summed E-state index contributed by atoms with van der Waals surface area (Å²) in [4.78, 5) is 18.0. The summed E-state index contributed by atoms with van der Waals surface area (Å²) >= 11 is 0. The van der Waals surface area contributed by atoms with Crippen molar-refractivity contribution in [3.8, 4) is 0 Å².